The van der Waals surface area contributed by atoms with Crippen molar-refractivity contribution in [1.82, 2.24) is 14.9 Å². The van der Waals surface area contributed by atoms with E-state index >= 15 is 0 Å². The van der Waals surface area contributed by atoms with Crippen LogP contribution < -0.4 is 4.74 Å². The average Bonchev–Trinajstić information content (AvgIpc) is 3.56. The molecule has 0 spiro atoms. The van der Waals surface area contributed by atoms with Gasteiger partial charge in [-0.1, -0.05) is 18.2 Å². The van der Waals surface area contributed by atoms with Crippen LogP contribution in [0.1, 0.15) is 57.9 Å². The number of fused-ring (bicyclic) bond motifs is 2. The summed E-state index contributed by atoms with van der Waals surface area (Å²) in [6.45, 7) is 6.13. The molecule has 3 heterocycles. The Labute approximate surface area is 249 Å². The van der Waals surface area contributed by atoms with Gasteiger partial charge in [-0.3, -0.25) is 5.01 Å². The summed E-state index contributed by atoms with van der Waals surface area (Å²) in [6.07, 6.45) is 3.38. The molecule has 1 aliphatic carbocycles. The third-order valence-corrected chi connectivity index (χ3v) is 8.78. The molecule has 1 N–H and O–H groups in total. The molecule has 10 heteroatoms. The number of hydrazine groups is 1. The first-order chi connectivity index (χ1) is 20.6. The van der Waals surface area contributed by atoms with E-state index in [1.165, 1.54) is 27.9 Å². The molecule has 1 amide bonds. The van der Waals surface area contributed by atoms with Gasteiger partial charge in [0.1, 0.15) is 12.0 Å². The number of hydrogen-bond donors (Lipinski definition) is 1. The lowest BCUT2D eigenvalue weighted by Crippen LogP contribution is -2.40. The number of nitrogens with zero attached hydrogens (tertiary/aromatic N) is 3. The van der Waals surface area contributed by atoms with E-state index in [9.17, 15) is 23.1 Å². The van der Waals surface area contributed by atoms with Gasteiger partial charge in [0.2, 0.25) is 0 Å². The number of hydrogen-bond acceptors (Lipinski definition) is 5. The quantitative estimate of drug-likeness (QED) is 0.356. The highest BCUT2D eigenvalue weighted by Crippen LogP contribution is 2.45. The van der Waals surface area contributed by atoms with E-state index in [0.29, 0.717) is 35.5 Å². The van der Waals surface area contributed by atoms with Crippen LogP contribution in [0.2, 0.25) is 0 Å². The minimum absolute atomic E-state index is 0.243. The fraction of sp³-hybridized carbons (Fsp3) is 0.424. The Morgan fingerprint density at radius 1 is 1.12 bits per heavy atom. The van der Waals surface area contributed by atoms with Crippen LogP contribution in [0.4, 0.5) is 18.0 Å². The van der Waals surface area contributed by atoms with Crippen LogP contribution in [0.3, 0.4) is 0 Å². The van der Waals surface area contributed by atoms with Gasteiger partial charge in [-0.05, 0) is 86.3 Å². The first-order valence-corrected chi connectivity index (χ1v) is 14.8. The molecule has 0 aromatic heterocycles. The largest absolute Gasteiger partial charge is 0.493 e. The monoisotopic (exact) mass is 595 g/mol. The van der Waals surface area contributed by atoms with Gasteiger partial charge in [0.15, 0.2) is 0 Å². The lowest BCUT2D eigenvalue weighted by molar-refractivity contribution is -0.137. The van der Waals surface area contributed by atoms with Gasteiger partial charge in [-0.15, -0.1) is 0 Å². The summed E-state index contributed by atoms with van der Waals surface area (Å²) < 4.78 is 51.6. The molecule has 3 aliphatic heterocycles. The van der Waals surface area contributed by atoms with Crippen molar-refractivity contribution < 1.29 is 32.5 Å². The molecule has 0 radical (unpaired) electrons. The van der Waals surface area contributed by atoms with Crippen LogP contribution in [-0.4, -0.2) is 58.4 Å². The molecule has 43 heavy (non-hydrogen) atoms. The van der Waals surface area contributed by atoms with Crippen molar-refractivity contribution >= 4 is 16.9 Å². The fourth-order valence-electron chi connectivity index (χ4n) is 6.84. The van der Waals surface area contributed by atoms with Crippen molar-refractivity contribution in [3.8, 4) is 5.75 Å². The summed E-state index contributed by atoms with van der Waals surface area (Å²) in [6, 6.07) is 8.95. The molecule has 0 bridgehead atoms. The lowest BCUT2D eigenvalue weighted by atomic mass is 9.87. The first kappa shape index (κ1) is 29.0. The second-order valence-corrected chi connectivity index (χ2v) is 11.7. The number of carboxylic acid groups (broad SMARTS) is 1. The van der Waals surface area contributed by atoms with Crippen molar-refractivity contribution in [3.05, 3.63) is 88.2 Å². The van der Waals surface area contributed by atoms with Crippen molar-refractivity contribution in [1.29, 1.82) is 0 Å². The smallest absolute Gasteiger partial charge is 0.426 e. The normalized spacial score (nSPS) is 25.0. The lowest BCUT2D eigenvalue weighted by Gasteiger charge is -2.33. The average molecular weight is 596 g/mol. The molecule has 228 valence electrons. The minimum Gasteiger partial charge on any atom is -0.493 e. The van der Waals surface area contributed by atoms with Gasteiger partial charge in [0, 0.05) is 42.2 Å². The summed E-state index contributed by atoms with van der Waals surface area (Å²) >= 11 is 0. The van der Waals surface area contributed by atoms with Gasteiger partial charge in [0.25, 0.3) is 0 Å². The highest BCUT2D eigenvalue weighted by Gasteiger charge is 2.40. The number of halogens is 3. The number of benzene rings is 2. The molecular weight excluding hydrogens is 559 g/mol. The Kier molecular flexibility index (Phi) is 7.79. The van der Waals surface area contributed by atoms with Crippen LogP contribution >= 0.6 is 0 Å². The number of carbonyl (C=O) groups is 1. The number of amides is 1. The maximum atomic E-state index is 13.2. The topological polar surface area (TPSA) is 65.5 Å². The van der Waals surface area contributed by atoms with E-state index < -0.39 is 17.8 Å². The maximum absolute atomic E-state index is 13.2. The van der Waals surface area contributed by atoms with Crippen molar-refractivity contribution in [2.24, 2.45) is 0 Å². The molecule has 1 unspecified atom stereocenters. The number of allylic oxidation sites excluding steroid dienone is 1. The summed E-state index contributed by atoms with van der Waals surface area (Å²) in [4.78, 5) is 15.0. The Hall–Kier alpha value is -4.08. The standard InChI is InChI=1S/C33H36F3N3O4/c1-21-16-22(2)37-14-12-23-6-3-8-27(31(23)37)28-18-39(32(40)41)38(29(28)20-42-19-21)13-5-15-43-30-9-4-7-24-17-25(33(34,35)36)10-11-26(24)30/h4,7,9-11,17,19-20,22H,3,5-6,8,12-16,18H2,1-2H3,(H,40,41)/b21-19-,28-27-,29-20+. The van der Waals surface area contributed by atoms with Gasteiger partial charge in [0.05, 0.1) is 30.7 Å². The van der Waals surface area contributed by atoms with Crippen molar-refractivity contribution in [2.45, 2.75) is 64.6 Å². The highest BCUT2D eigenvalue weighted by molar-refractivity contribution is 5.89. The van der Waals surface area contributed by atoms with Gasteiger partial charge >= 0.3 is 12.3 Å². The minimum atomic E-state index is -4.42. The Morgan fingerprint density at radius 2 is 1.95 bits per heavy atom. The van der Waals surface area contributed by atoms with E-state index in [-0.39, 0.29) is 13.2 Å². The Balaban J connectivity index is 1.26. The Bertz CT molecular complexity index is 1560. The molecule has 2 aromatic carbocycles. The second-order valence-electron chi connectivity index (χ2n) is 11.7. The van der Waals surface area contributed by atoms with Crippen molar-refractivity contribution in [3.63, 3.8) is 0 Å². The molecule has 7 nitrogen and oxygen atoms in total. The predicted molar refractivity (Wildman–Crippen MR) is 157 cm³/mol. The second kappa shape index (κ2) is 11.5. The molecule has 1 fully saturated rings. The zero-order valence-electron chi connectivity index (χ0n) is 24.4. The summed E-state index contributed by atoms with van der Waals surface area (Å²) in [5, 5.41) is 14.3. The highest BCUT2D eigenvalue weighted by atomic mass is 19.4. The molecule has 4 aliphatic rings. The van der Waals surface area contributed by atoms with Gasteiger partial charge in [-0.25, -0.2) is 9.80 Å². The van der Waals surface area contributed by atoms with Crippen LogP contribution in [0, 0.1) is 0 Å². The first-order valence-electron chi connectivity index (χ1n) is 14.8. The molecule has 0 saturated carbocycles. The molecule has 1 atom stereocenters. The van der Waals surface area contributed by atoms with E-state index in [1.54, 1.807) is 35.7 Å². The van der Waals surface area contributed by atoms with Crippen molar-refractivity contribution in [2.75, 3.05) is 26.2 Å². The summed E-state index contributed by atoms with van der Waals surface area (Å²) in [7, 11) is 0. The molecule has 1 saturated heterocycles. The maximum Gasteiger partial charge on any atom is 0.426 e. The number of alkyl halides is 3. The van der Waals surface area contributed by atoms with Crippen LogP contribution in [0.25, 0.3) is 10.8 Å². The number of rotatable bonds is 5. The van der Waals surface area contributed by atoms with E-state index in [2.05, 4.69) is 18.7 Å². The SMILES string of the molecule is C/C1=C/O/C=C2\C(=C3\CCCC4=C3N(CC4)C(C)C1)CN(C(=O)O)N2CCCOc1cccc2cc(C(F)(F)F)ccc12. The van der Waals surface area contributed by atoms with Crippen LogP contribution in [-0.2, 0) is 10.9 Å². The zero-order valence-corrected chi connectivity index (χ0v) is 24.4. The zero-order chi connectivity index (χ0) is 30.3. The number of ether oxygens (including phenoxy) is 2. The van der Waals surface area contributed by atoms with Crippen LogP contribution in [0.15, 0.2) is 82.6 Å². The van der Waals surface area contributed by atoms with Gasteiger partial charge < -0.3 is 19.5 Å². The molecule has 2 aromatic rings. The summed E-state index contributed by atoms with van der Waals surface area (Å²) in [5.74, 6) is 0.487. The van der Waals surface area contributed by atoms with E-state index in [0.717, 1.165) is 67.6 Å². The molecule has 6 rings (SSSR count). The Morgan fingerprint density at radius 3 is 2.74 bits per heavy atom. The summed E-state index contributed by atoms with van der Waals surface area (Å²) in [5.41, 5.74) is 6.12. The van der Waals surface area contributed by atoms with E-state index in [4.69, 9.17) is 9.47 Å². The third-order valence-electron chi connectivity index (χ3n) is 8.78. The van der Waals surface area contributed by atoms with Gasteiger partial charge in [-0.2, -0.15) is 13.2 Å². The fourth-order valence-corrected chi connectivity index (χ4v) is 6.84. The van der Waals surface area contributed by atoms with E-state index in [1.807, 2.05) is 0 Å². The third kappa shape index (κ3) is 5.67. The molecular formula is C33H36F3N3O4. The van der Waals surface area contributed by atoms with Crippen LogP contribution in [0.5, 0.6) is 5.75 Å². The predicted octanol–water partition coefficient (Wildman–Crippen LogP) is 7.83.